The van der Waals surface area contributed by atoms with E-state index in [1.807, 2.05) is 31.2 Å². The van der Waals surface area contributed by atoms with Crippen molar-refractivity contribution in [3.8, 4) is 23.1 Å². The number of benzene rings is 1. The molecule has 0 amide bonds. The van der Waals surface area contributed by atoms with E-state index < -0.39 is 0 Å². The van der Waals surface area contributed by atoms with Crippen LogP contribution in [-0.4, -0.2) is 28.7 Å². The summed E-state index contributed by atoms with van der Waals surface area (Å²) in [4.78, 5) is 12.3. The van der Waals surface area contributed by atoms with Crippen LogP contribution in [0, 0.1) is 0 Å². The third kappa shape index (κ3) is 3.54. The monoisotopic (exact) mass is 279 g/mol. The zero-order valence-electron chi connectivity index (χ0n) is 10.8. The summed E-state index contributed by atoms with van der Waals surface area (Å²) in [6, 6.07) is 7.64. The van der Waals surface area contributed by atoms with Crippen molar-refractivity contribution in [2.75, 3.05) is 13.7 Å². The fourth-order valence-corrected chi connectivity index (χ4v) is 1.63. The summed E-state index contributed by atoms with van der Waals surface area (Å²) >= 11 is 5.88. The third-order valence-corrected chi connectivity index (χ3v) is 2.52. The summed E-state index contributed by atoms with van der Waals surface area (Å²) in [5.41, 5.74) is 0.796. The van der Waals surface area contributed by atoms with Crippen LogP contribution in [0.2, 0.25) is 5.28 Å². The number of rotatable bonds is 5. The minimum Gasteiger partial charge on any atom is -0.497 e. The normalized spacial score (nSPS) is 10.3. The number of nitrogens with zero attached hydrogens (tertiary/aromatic N) is 3. The molecule has 0 spiro atoms. The molecule has 0 aliphatic carbocycles. The molecule has 19 heavy (non-hydrogen) atoms. The number of hydrogen-bond acceptors (Lipinski definition) is 5. The Kier molecular flexibility index (Phi) is 4.52. The molecule has 0 saturated heterocycles. The Bertz CT molecular complexity index is 563. The van der Waals surface area contributed by atoms with Crippen molar-refractivity contribution in [3.05, 3.63) is 29.5 Å². The van der Waals surface area contributed by atoms with E-state index in [9.17, 15) is 0 Å². The Morgan fingerprint density at radius 1 is 1.21 bits per heavy atom. The van der Waals surface area contributed by atoms with E-state index in [-0.39, 0.29) is 11.3 Å². The highest BCUT2D eigenvalue weighted by Crippen LogP contribution is 2.22. The molecule has 0 atom stereocenters. The second-order valence-electron chi connectivity index (χ2n) is 3.79. The van der Waals surface area contributed by atoms with E-state index in [0.717, 1.165) is 17.7 Å². The first kappa shape index (κ1) is 13.5. The molecule has 2 rings (SSSR count). The molecule has 0 aliphatic rings. The molecule has 0 saturated carbocycles. The quantitative estimate of drug-likeness (QED) is 0.842. The molecule has 1 heterocycles. The van der Waals surface area contributed by atoms with Crippen molar-refractivity contribution in [1.82, 2.24) is 15.0 Å². The summed E-state index contributed by atoms with van der Waals surface area (Å²) in [5.74, 6) is 1.19. The predicted molar refractivity (Wildman–Crippen MR) is 72.6 cm³/mol. The number of aromatic nitrogens is 3. The zero-order chi connectivity index (χ0) is 13.7. The molecule has 1 aromatic carbocycles. The average molecular weight is 280 g/mol. The highest BCUT2D eigenvalue weighted by molar-refractivity contribution is 6.28. The molecule has 1 aromatic heterocycles. The van der Waals surface area contributed by atoms with Gasteiger partial charge in [0.05, 0.1) is 13.7 Å². The maximum Gasteiger partial charge on any atom is 0.321 e. The van der Waals surface area contributed by atoms with Crippen LogP contribution in [-0.2, 0) is 0 Å². The smallest absolute Gasteiger partial charge is 0.321 e. The Balaban J connectivity index is 2.34. The second-order valence-corrected chi connectivity index (χ2v) is 4.13. The topological polar surface area (TPSA) is 57.1 Å². The average Bonchev–Trinajstić information content (AvgIpc) is 2.44. The molecular formula is C13H14ClN3O2. The molecule has 0 fully saturated rings. The van der Waals surface area contributed by atoms with Crippen LogP contribution in [0.1, 0.15) is 13.3 Å². The maximum absolute atomic E-state index is 5.88. The van der Waals surface area contributed by atoms with Gasteiger partial charge in [-0.05, 0) is 30.2 Å². The molecular weight excluding hydrogens is 266 g/mol. The second kappa shape index (κ2) is 6.33. The number of halogens is 1. The fourth-order valence-electron chi connectivity index (χ4n) is 1.48. The van der Waals surface area contributed by atoms with Crippen molar-refractivity contribution in [3.63, 3.8) is 0 Å². The van der Waals surface area contributed by atoms with Crippen molar-refractivity contribution in [2.24, 2.45) is 0 Å². The number of methoxy groups -OCH3 is 1. The van der Waals surface area contributed by atoms with Gasteiger partial charge in [0.2, 0.25) is 5.28 Å². The molecule has 0 N–H and O–H groups in total. The van der Waals surface area contributed by atoms with E-state index >= 15 is 0 Å². The van der Waals surface area contributed by atoms with Gasteiger partial charge in [-0.1, -0.05) is 19.1 Å². The number of ether oxygens (including phenoxy) is 2. The Morgan fingerprint density at radius 3 is 2.79 bits per heavy atom. The maximum atomic E-state index is 5.88. The molecule has 5 nitrogen and oxygen atoms in total. The first-order valence-corrected chi connectivity index (χ1v) is 6.29. The van der Waals surface area contributed by atoms with Gasteiger partial charge >= 0.3 is 6.01 Å². The van der Waals surface area contributed by atoms with Gasteiger partial charge in [0.15, 0.2) is 5.82 Å². The summed E-state index contributed by atoms with van der Waals surface area (Å²) in [5, 5.41) is 0.110. The zero-order valence-corrected chi connectivity index (χ0v) is 11.5. The minimum atomic E-state index is 0.110. The van der Waals surface area contributed by atoms with Gasteiger partial charge in [-0.25, -0.2) is 0 Å². The Labute approximate surface area is 116 Å². The lowest BCUT2D eigenvalue weighted by molar-refractivity contribution is 0.291. The van der Waals surface area contributed by atoms with Crippen molar-refractivity contribution in [1.29, 1.82) is 0 Å². The van der Waals surface area contributed by atoms with Gasteiger partial charge < -0.3 is 9.47 Å². The van der Waals surface area contributed by atoms with Gasteiger partial charge in [0.25, 0.3) is 0 Å². The van der Waals surface area contributed by atoms with Crippen LogP contribution >= 0.6 is 11.6 Å². The summed E-state index contributed by atoms with van der Waals surface area (Å²) in [6.45, 7) is 2.55. The van der Waals surface area contributed by atoms with Crippen LogP contribution in [0.5, 0.6) is 11.8 Å². The fraction of sp³-hybridized carbons (Fsp3) is 0.308. The van der Waals surface area contributed by atoms with Crippen LogP contribution in [0.15, 0.2) is 24.3 Å². The van der Waals surface area contributed by atoms with E-state index in [1.54, 1.807) is 7.11 Å². The molecule has 0 unspecified atom stereocenters. The summed E-state index contributed by atoms with van der Waals surface area (Å²) in [7, 11) is 1.61. The lowest BCUT2D eigenvalue weighted by atomic mass is 10.2. The summed E-state index contributed by atoms with van der Waals surface area (Å²) in [6.07, 6.45) is 0.873. The van der Waals surface area contributed by atoms with Crippen LogP contribution in [0.4, 0.5) is 0 Å². The Hall–Kier alpha value is -1.88. The summed E-state index contributed by atoms with van der Waals surface area (Å²) < 4.78 is 10.5. The van der Waals surface area contributed by atoms with Gasteiger partial charge in [-0.2, -0.15) is 15.0 Å². The molecule has 2 aromatic rings. The van der Waals surface area contributed by atoms with E-state index in [1.165, 1.54) is 0 Å². The van der Waals surface area contributed by atoms with Crippen molar-refractivity contribution in [2.45, 2.75) is 13.3 Å². The van der Waals surface area contributed by atoms with Gasteiger partial charge in [0.1, 0.15) is 5.75 Å². The van der Waals surface area contributed by atoms with Gasteiger partial charge in [-0.3, -0.25) is 0 Å². The first-order valence-electron chi connectivity index (χ1n) is 5.91. The Morgan fingerprint density at radius 2 is 2.05 bits per heavy atom. The van der Waals surface area contributed by atoms with Gasteiger partial charge in [0, 0.05) is 5.56 Å². The predicted octanol–water partition coefficient (Wildman–Crippen LogP) is 2.99. The van der Waals surface area contributed by atoms with E-state index in [2.05, 4.69) is 15.0 Å². The molecule has 0 bridgehead atoms. The van der Waals surface area contributed by atoms with Crippen LogP contribution in [0.3, 0.4) is 0 Å². The highest BCUT2D eigenvalue weighted by atomic mass is 35.5. The van der Waals surface area contributed by atoms with Gasteiger partial charge in [-0.15, -0.1) is 0 Å². The van der Waals surface area contributed by atoms with E-state index in [4.69, 9.17) is 21.1 Å². The van der Waals surface area contributed by atoms with Crippen LogP contribution in [0.25, 0.3) is 11.4 Å². The third-order valence-electron chi connectivity index (χ3n) is 2.35. The minimum absolute atomic E-state index is 0.110. The lowest BCUT2D eigenvalue weighted by Crippen LogP contribution is -2.02. The van der Waals surface area contributed by atoms with Crippen molar-refractivity contribution < 1.29 is 9.47 Å². The molecule has 100 valence electrons. The molecule has 0 aliphatic heterocycles. The van der Waals surface area contributed by atoms with E-state index in [0.29, 0.717) is 12.4 Å². The van der Waals surface area contributed by atoms with Crippen molar-refractivity contribution >= 4 is 11.6 Å². The molecule has 0 radical (unpaired) electrons. The molecule has 6 heteroatoms. The highest BCUT2D eigenvalue weighted by Gasteiger charge is 2.09. The standard InChI is InChI=1S/C13H14ClN3O2/c1-3-7-19-13-16-11(15-12(14)17-13)9-5-4-6-10(8-9)18-2/h4-6,8H,3,7H2,1-2H3. The SMILES string of the molecule is CCCOc1nc(Cl)nc(-c2cccc(OC)c2)n1. The lowest BCUT2D eigenvalue weighted by Gasteiger charge is -2.06. The van der Waals surface area contributed by atoms with Crippen LogP contribution < -0.4 is 9.47 Å². The first-order chi connectivity index (χ1) is 9.22. The number of hydrogen-bond donors (Lipinski definition) is 0. The largest absolute Gasteiger partial charge is 0.497 e.